The number of nitrogens with two attached hydrogens (primary N) is 1. The Morgan fingerprint density at radius 3 is 2.35 bits per heavy atom. The molecule has 2 fully saturated rings. The number of carbonyl (C=O) groups is 4. The Morgan fingerprint density at radius 1 is 1.04 bits per heavy atom. The van der Waals surface area contributed by atoms with E-state index in [2.05, 4.69) is 10.3 Å². The van der Waals surface area contributed by atoms with E-state index in [0.29, 0.717) is 50.3 Å². The van der Waals surface area contributed by atoms with E-state index < -0.39 is 41.5 Å². The van der Waals surface area contributed by atoms with Crippen LogP contribution in [-0.4, -0.2) is 116 Å². The van der Waals surface area contributed by atoms with Gasteiger partial charge in [-0.2, -0.15) is 13.2 Å². The van der Waals surface area contributed by atoms with Crippen LogP contribution in [0.5, 0.6) is 0 Å². The smallest absolute Gasteiger partial charge is 0.418 e. The summed E-state index contributed by atoms with van der Waals surface area (Å²) in [6.45, 7) is 6.24. The largest absolute Gasteiger partial charge is 0.462 e. The van der Waals surface area contributed by atoms with E-state index in [4.69, 9.17) is 26.8 Å². The number of likely N-dealkylation sites (tertiary alicyclic amines) is 1. The lowest BCUT2D eigenvalue weighted by Crippen LogP contribution is -2.53. The number of esters is 1. The van der Waals surface area contributed by atoms with Crippen molar-refractivity contribution < 1.29 is 41.8 Å². The van der Waals surface area contributed by atoms with Crippen LogP contribution in [0.15, 0.2) is 54.7 Å². The second-order valence-corrected chi connectivity index (χ2v) is 14.9. The molecule has 0 unspecified atom stereocenters. The lowest BCUT2D eigenvalue weighted by atomic mass is 10.0. The minimum atomic E-state index is -4.81. The van der Waals surface area contributed by atoms with Gasteiger partial charge in [0, 0.05) is 77.2 Å². The number of hydrogen-bond acceptors (Lipinski definition) is 10. The van der Waals surface area contributed by atoms with Crippen molar-refractivity contribution in [1.82, 2.24) is 19.7 Å². The van der Waals surface area contributed by atoms with Crippen LogP contribution < -0.4 is 16.0 Å². The number of ether oxygens (including phenoxy) is 2. The van der Waals surface area contributed by atoms with Gasteiger partial charge in [0.05, 0.1) is 28.4 Å². The highest BCUT2D eigenvalue weighted by Gasteiger charge is 2.37. The summed E-state index contributed by atoms with van der Waals surface area (Å²) in [6, 6.07) is 13.1. The summed E-state index contributed by atoms with van der Waals surface area (Å²) < 4.78 is 52.7. The maximum absolute atomic E-state index is 14.1. The number of nitrogens with zero attached hydrogens (tertiary/aromatic N) is 5. The Balaban J connectivity index is 1.24. The molecule has 2 aromatic carbocycles. The van der Waals surface area contributed by atoms with Gasteiger partial charge in [0.25, 0.3) is 5.91 Å². The van der Waals surface area contributed by atoms with Gasteiger partial charge in [-0.3, -0.25) is 9.59 Å². The molecule has 5 rings (SSSR count). The number of para-hydroxylation sites is 1. The van der Waals surface area contributed by atoms with Crippen molar-refractivity contribution in [3.63, 3.8) is 0 Å². The number of amides is 3. The number of benzene rings is 2. The third kappa shape index (κ3) is 11.2. The van der Waals surface area contributed by atoms with Gasteiger partial charge >= 0.3 is 18.2 Å². The molecule has 308 valence electrons. The molecule has 2 aliphatic rings. The first-order chi connectivity index (χ1) is 27.2. The summed E-state index contributed by atoms with van der Waals surface area (Å²) in [4.78, 5) is 63.1. The fourth-order valence-electron chi connectivity index (χ4n) is 6.93. The molecule has 0 radical (unpaired) electrons. The van der Waals surface area contributed by atoms with Crippen molar-refractivity contribution in [2.45, 2.75) is 57.9 Å². The number of rotatable bonds is 14. The molecular formula is C40H49ClF3N7O6. The second kappa shape index (κ2) is 19.3. The molecule has 3 amide bonds. The number of nitrogens with one attached hydrogen (secondary N) is 1. The Hall–Kier alpha value is -5.25. The van der Waals surface area contributed by atoms with Gasteiger partial charge in [-0.15, -0.1) is 0 Å². The lowest BCUT2D eigenvalue weighted by molar-refractivity contribution is -0.141. The molecule has 1 aromatic heterocycles. The van der Waals surface area contributed by atoms with Crippen LogP contribution in [0.2, 0.25) is 5.02 Å². The molecule has 3 heterocycles. The molecule has 57 heavy (non-hydrogen) atoms. The quantitative estimate of drug-likeness (QED) is 0.117. The predicted molar refractivity (Wildman–Crippen MR) is 210 cm³/mol. The van der Waals surface area contributed by atoms with Crippen LogP contribution in [0.25, 0.3) is 0 Å². The zero-order valence-corrected chi connectivity index (χ0v) is 33.0. The zero-order valence-electron chi connectivity index (χ0n) is 32.3. The third-order valence-corrected chi connectivity index (χ3v) is 10.4. The number of pyridine rings is 1. The van der Waals surface area contributed by atoms with Crippen molar-refractivity contribution in [2.75, 3.05) is 75.4 Å². The van der Waals surface area contributed by atoms with Gasteiger partial charge in [-0.05, 0) is 66.6 Å². The summed E-state index contributed by atoms with van der Waals surface area (Å²) in [5, 5.41) is 2.82. The van der Waals surface area contributed by atoms with E-state index in [1.165, 1.54) is 22.1 Å². The van der Waals surface area contributed by atoms with Crippen molar-refractivity contribution in [2.24, 2.45) is 5.92 Å². The van der Waals surface area contributed by atoms with Gasteiger partial charge in [-0.1, -0.05) is 43.6 Å². The van der Waals surface area contributed by atoms with E-state index in [1.807, 2.05) is 50.1 Å². The summed E-state index contributed by atoms with van der Waals surface area (Å²) in [5.74, 6) is -0.282. The molecule has 2 aliphatic heterocycles. The van der Waals surface area contributed by atoms with Crippen LogP contribution in [0.4, 0.5) is 35.2 Å². The van der Waals surface area contributed by atoms with E-state index in [-0.39, 0.29) is 61.8 Å². The fraction of sp³-hybridized carbons (Fsp3) is 0.475. The van der Waals surface area contributed by atoms with E-state index >= 15 is 0 Å². The number of halogens is 4. The standard InChI is InChI=1S/C40H49ClF3N7O6/c1-26(2)24-56-38(54)29-8-9-35(47-23-29)48-16-18-49(19-17-48)37(53)34(22-27-20-31(40(42,43)44)36(45)32(41)21-27)57-39(55)50-14-11-30(12-15-50)51(25-52)13-10-28-6-4-5-7-33(28)46-3/h4-9,20-21,23,25-26,30,34,46H,10-19,22,24,45H2,1-3H3/t34-/m1/s1. The summed E-state index contributed by atoms with van der Waals surface area (Å²) >= 11 is 6.11. The van der Waals surface area contributed by atoms with Crippen LogP contribution in [-0.2, 0) is 38.1 Å². The van der Waals surface area contributed by atoms with Gasteiger partial charge in [0.15, 0.2) is 6.10 Å². The van der Waals surface area contributed by atoms with Crippen LogP contribution in [0, 0.1) is 5.92 Å². The molecule has 3 aromatic rings. The highest BCUT2D eigenvalue weighted by atomic mass is 35.5. The van der Waals surface area contributed by atoms with Crippen LogP contribution in [0.3, 0.4) is 0 Å². The first kappa shape index (κ1) is 42.9. The first-order valence-electron chi connectivity index (χ1n) is 18.9. The number of aromatic nitrogens is 1. The number of piperidine rings is 1. The van der Waals surface area contributed by atoms with Crippen LogP contribution >= 0.6 is 11.6 Å². The van der Waals surface area contributed by atoms with Gasteiger partial charge in [0.1, 0.15) is 5.82 Å². The predicted octanol–water partition coefficient (Wildman–Crippen LogP) is 5.75. The SMILES string of the molecule is CNc1ccccc1CCN(C=O)C1CCN(C(=O)O[C@H](Cc2cc(Cl)c(N)c(C(F)(F)F)c2)C(=O)N2CCN(c3ccc(C(=O)OCC(C)C)cn3)CC2)CC1. The third-order valence-electron chi connectivity index (χ3n) is 10.1. The molecule has 0 bridgehead atoms. The van der Waals surface area contributed by atoms with Gasteiger partial charge in [-0.25, -0.2) is 14.6 Å². The lowest BCUT2D eigenvalue weighted by Gasteiger charge is -2.38. The summed E-state index contributed by atoms with van der Waals surface area (Å²) in [7, 11) is 1.84. The molecule has 2 saturated heterocycles. The highest BCUT2D eigenvalue weighted by Crippen LogP contribution is 2.38. The monoisotopic (exact) mass is 815 g/mol. The zero-order chi connectivity index (χ0) is 41.3. The Labute approximate surface area is 335 Å². The molecule has 0 spiro atoms. The number of piperazine rings is 1. The van der Waals surface area contributed by atoms with Crippen molar-refractivity contribution in [3.05, 3.63) is 82.0 Å². The van der Waals surface area contributed by atoms with Crippen molar-refractivity contribution in [3.8, 4) is 0 Å². The number of carbonyl (C=O) groups excluding carboxylic acids is 4. The number of hydrogen-bond donors (Lipinski definition) is 2. The highest BCUT2D eigenvalue weighted by molar-refractivity contribution is 6.33. The summed E-state index contributed by atoms with van der Waals surface area (Å²) in [6.07, 6.45) is -3.63. The number of alkyl halides is 3. The molecule has 0 aliphatic carbocycles. The summed E-state index contributed by atoms with van der Waals surface area (Å²) in [5.41, 5.74) is 6.24. The van der Waals surface area contributed by atoms with E-state index in [0.717, 1.165) is 23.7 Å². The molecule has 1 atom stereocenters. The van der Waals surface area contributed by atoms with E-state index in [1.54, 1.807) is 17.0 Å². The van der Waals surface area contributed by atoms with Crippen LogP contribution in [0.1, 0.15) is 53.7 Å². The maximum atomic E-state index is 14.1. The van der Waals surface area contributed by atoms with E-state index in [9.17, 15) is 32.3 Å². The topological polar surface area (TPSA) is 151 Å². The van der Waals surface area contributed by atoms with Gasteiger partial charge < -0.3 is 40.1 Å². The van der Waals surface area contributed by atoms with Gasteiger partial charge in [0.2, 0.25) is 6.41 Å². The number of nitrogen functional groups attached to an aromatic ring is 1. The van der Waals surface area contributed by atoms with Crippen molar-refractivity contribution >= 4 is 53.2 Å². The minimum absolute atomic E-state index is 0.0164. The molecule has 0 saturated carbocycles. The normalized spacial score (nSPS) is 15.6. The molecule has 13 nitrogen and oxygen atoms in total. The Bertz CT molecular complexity index is 1870. The first-order valence-corrected chi connectivity index (χ1v) is 19.3. The minimum Gasteiger partial charge on any atom is -0.462 e. The average Bonchev–Trinajstić information content (AvgIpc) is 3.20. The second-order valence-electron chi connectivity index (χ2n) is 14.5. The van der Waals surface area contributed by atoms with Crippen molar-refractivity contribution in [1.29, 1.82) is 0 Å². The molecule has 3 N–H and O–H groups in total. The fourth-order valence-corrected chi connectivity index (χ4v) is 7.17. The Kier molecular flexibility index (Phi) is 14.5. The molecule has 17 heteroatoms. The Morgan fingerprint density at radius 2 is 1.74 bits per heavy atom. The number of anilines is 3. The maximum Gasteiger partial charge on any atom is 0.418 e. The average molecular weight is 816 g/mol. The molecular weight excluding hydrogens is 767 g/mol.